The molecule has 1 amide bonds. The number of rotatable bonds is 8. The highest BCUT2D eigenvalue weighted by Gasteiger charge is 2.04. The van der Waals surface area contributed by atoms with Crippen LogP contribution in [0.1, 0.15) is 16.7 Å². The first-order chi connectivity index (χ1) is 11.7. The molecule has 0 atom stereocenters. The number of carbonyl (C=O) groups excluding carboxylic acids is 1. The lowest BCUT2D eigenvalue weighted by atomic mass is 10.1. The fourth-order valence-electron chi connectivity index (χ4n) is 2.11. The smallest absolute Gasteiger partial charge is 0.257 e. The highest BCUT2D eigenvalue weighted by atomic mass is 32.2. The van der Waals surface area contributed by atoms with Gasteiger partial charge in [0.15, 0.2) is 6.61 Å². The minimum atomic E-state index is -0.128. The molecule has 2 aromatic carbocycles. The van der Waals surface area contributed by atoms with Gasteiger partial charge in [0.1, 0.15) is 5.75 Å². The van der Waals surface area contributed by atoms with E-state index in [-0.39, 0.29) is 12.5 Å². The molecule has 0 spiro atoms. The van der Waals surface area contributed by atoms with Crippen LogP contribution in [-0.4, -0.2) is 24.8 Å². The molecule has 0 fully saturated rings. The van der Waals surface area contributed by atoms with E-state index in [1.54, 1.807) is 11.8 Å². The Bertz CT molecular complexity index is 725. The van der Waals surface area contributed by atoms with Crippen LogP contribution in [0.4, 0.5) is 0 Å². The number of nitriles is 1. The zero-order valence-electron chi connectivity index (χ0n) is 13.6. The van der Waals surface area contributed by atoms with Crippen molar-refractivity contribution in [3.05, 3.63) is 65.2 Å². The second-order valence-electron chi connectivity index (χ2n) is 5.23. The van der Waals surface area contributed by atoms with E-state index in [2.05, 4.69) is 11.4 Å². The number of nitrogens with one attached hydrogen (secondary N) is 1. The molecule has 0 heterocycles. The van der Waals surface area contributed by atoms with Gasteiger partial charge in [0.2, 0.25) is 0 Å². The van der Waals surface area contributed by atoms with Crippen LogP contribution in [-0.2, 0) is 10.5 Å². The SMILES string of the molecule is Cc1ccccc1OCC(=O)NCCSCc1ccccc1C#N. The second kappa shape index (κ2) is 9.64. The van der Waals surface area contributed by atoms with Gasteiger partial charge in [-0.2, -0.15) is 17.0 Å². The Kier molecular flexibility index (Phi) is 7.19. The zero-order chi connectivity index (χ0) is 17.2. The highest BCUT2D eigenvalue weighted by molar-refractivity contribution is 7.98. The summed E-state index contributed by atoms with van der Waals surface area (Å²) < 4.78 is 5.50. The van der Waals surface area contributed by atoms with E-state index < -0.39 is 0 Å². The lowest BCUT2D eigenvalue weighted by Gasteiger charge is -2.09. The summed E-state index contributed by atoms with van der Waals surface area (Å²) in [5.41, 5.74) is 2.75. The molecule has 5 heteroatoms. The van der Waals surface area contributed by atoms with Crippen molar-refractivity contribution in [1.29, 1.82) is 5.26 Å². The minimum absolute atomic E-state index is 0.0206. The summed E-state index contributed by atoms with van der Waals surface area (Å²) in [6, 6.07) is 17.4. The molecule has 0 aliphatic rings. The average molecular weight is 340 g/mol. The van der Waals surface area contributed by atoms with E-state index in [9.17, 15) is 4.79 Å². The van der Waals surface area contributed by atoms with Crippen LogP contribution in [0.2, 0.25) is 0 Å². The van der Waals surface area contributed by atoms with Crippen LogP contribution in [0.15, 0.2) is 48.5 Å². The Morgan fingerprint density at radius 3 is 2.75 bits per heavy atom. The first kappa shape index (κ1) is 17.9. The fraction of sp³-hybridized carbons (Fsp3) is 0.263. The monoisotopic (exact) mass is 340 g/mol. The molecule has 0 bridgehead atoms. The largest absolute Gasteiger partial charge is 0.484 e. The maximum Gasteiger partial charge on any atom is 0.257 e. The van der Waals surface area contributed by atoms with Crippen LogP contribution in [0, 0.1) is 18.3 Å². The van der Waals surface area contributed by atoms with Crippen molar-refractivity contribution >= 4 is 17.7 Å². The Balaban J connectivity index is 1.63. The number of hydrogen-bond acceptors (Lipinski definition) is 4. The van der Waals surface area contributed by atoms with Crippen molar-refractivity contribution in [2.24, 2.45) is 0 Å². The zero-order valence-corrected chi connectivity index (χ0v) is 14.4. The summed E-state index contributed by atoms with van der Waals surface area (Å²) in [5, 5.41) is 11.9. The predicted octanol–water partition coefficient (Wildman–Crippen LogP) is 3.30. The first-order valence-electron chi connectivity index (χ1n) is 7.71. The molecule has 1 N–H and O–H groups in total. The molecule has 0 aliphatic carbocycles. The molecule has 4 nitrogen and oxygen atoms in total. The second-order valence-corrected chi connectivity index (χ2v) is 6.33. The normalized spacial score (nSPS) is 10.0. The van der Waals surface area contributed by atoms with Gasteiger partial charge in [0.05, 0.1) is 11.6 Å². The molecule has 0 saturated heterocycles. The lowest BCUT2D eigenvalue weighted by molar-refractivity contribution is -0.122. The predicted molar refractivity (Wildman–Crippen MR) is 97.0 cm³/mol. The number of nitrogens with zero attached hydrogens (tertiary/aromatic N) is 1. The molecule has 0 aliphatic heterocycles. The molecular weight excluding hydrogens is 320 g/mol. The summed E-state index contributed by atoms with van der Waals surface area (Å²) in [6.45, 7) is 2.55. The fourth-order valence-corrected chi connectivity index (χ4v) is 2.98. The maximum absolute atomic E-state index is 11.8. The van der Waals surface area contributed by atoms with Gasteiger partial charge in [-0.05, 0) is 30.2 Å². The number of ether oxygens (including phenoxy) is 1. The van der Waals surface area contributed by atoms with Gasteiger partial charge >= 0.3 is 0 Å². The standard InChI is InChI=1S/C19H20N2O2S/c1-15-6-2-5-9-18(15)23-13-19(22)21-10-11-24-14-17-8-4-3-7-16(17)12-20/h2-9H,10-11,13-14H2,1H3,(H,21,22). The number of thioether (sulfide) groups is 1. The Labute approximate surface area is 146 Å². The van der Waals surface area contributed by atoms with E-state index in [1.807, 2.05) is 55.5 Å². The van der Waals surface area contributed by atoms with Gasteiger partial charge in [-0.15, -0.1) is 0 Å². The van der Waals surface area contributed by atoms with Crippen molar-refractivity contribution in [1.82, 2.24) is 5.32 Å². The third-order valence-corrected chi connectivity index (χ3v) is 4.42. The van der Waals surface area contributed by atoms with Gasteiger partial charge in [-0.1, -0.05) is 36.4 Å². The van der Waals surface area contributed by atoms with E-state index in [0.29, 0.717) is 12.1 Å². The van der Waals surface area contributed by atoms with Crippen molar-refractivity contribution in [2.45, 2.75) is 12.7 Å². The number of carbonyl (C=O) groups is 1. The molecule has 0 radical (unpaired) electrons. The van der Waals surface area contributed by atoms with E-state index in [1.165, 1.54) is 0 Å². The Morgan fingerprint density at radius 1 is 1.21 bits per heavy atom. The van der Waals surface area contributed by atoms with Crippen molar-refractivity contribution in [3.63, 3.8) is 0 Å². The molecule has 124 valence electrons. The average Bonchev–Trinajstić information content (AvgIpc) is 2.61. The van der Waals surface area contributed by atoms with Gasteiger partial charge in [-0.25, -0.2) is 0 Å². The molecule has 0 aromatic heterocycles. The van der Waals surface area contributed by atoms with E-state index in [0.717, 1.165) is 28.4 Å². The summed E-state index contributed by atoms with van der Waals surface area (Å²) >= 11 is 1.69. The quantitative estimate of drug-likeness (QED) is 0.749. The minimum Gasteiger partial charge on any atom is -0.484 e. The van der Waals surface area contributed by atoms with Gasteiger partial charge in [0.25, 0.3) is 5.91 Å². The van der Waals surface area contributed by atoms with Crippen LogP contribution < -0.4 is 10.1 Å². The number of para-hydroxylation sites is 1. The van der Waals surface area contributed by atoms with E-state index in [4.69, 9.17) is 10.00 Å². The lowest BCUT2D eigenvalue weighted by Crippen LogP contribution is -2.30. The van der Waals surface area contributed by atoms with Crippen molar-refractivity contribution in [2.75, 3.05) is 18.9 Å². The number of aryl methyl sites for hydroxylation is 1. The van der Waals surface area contributed by atoms with Crippen molar-refractivity contribution < 1.29 is 9.53 Å². The van der Waals surface area contributed by atoms with Gasteiger partial charge in [0, 0.05) is 18.1 Å². The third-order valence-electron chi connectivity index (χ3n) is 3.42. The summed E-state index contributed by atoms with van der Waals surface area (Å²) in [4.78, 5) is 11.8. The maximum atomic E-state index is 11.8. The number of benzene rings is 2. The summed E-state index contributed by atoms with van der Waals surface area (Å²) in [5.74, 6) is 2.15. The van der Waals surface area contributed by atoms with Crippen LogP contribution in [0.5, 0.6) is 5.75 Å². The van der Waals surface area contributed by atoms with E-state index >= 15 is 0 Å². The first-order valence-corrected chi connectivity index (χ1v) is 8.87. The number of hydrogen-bond donors (Lipinski definition) is 1. The van der Waals surface area contributed by atoms with Gasteiger partial charge < -0.3 is 10.1 Å². The molecule has 0 saturated carbocycles. The van der Waals surface area contributed by atoms with Crippen LogP contribution in [0.25, 0.3) is 0 Å². The summed E-state index contributed by atoms with van der Waals surface area (Å²) in [7, 11) is 0. The molecular formula is C19H20N2O2S. The van der Waals surface area contributed by atoms with Crippen LogP contribution >= 0.6 is 11.8 Å². The topological polar surface area (TPSA) is 62.1 Å². The van der Waals surface area contributed by atoms with Crippen LogP contribution in [0.3, 0.4) is 0 Å². The Hall–Kier alpha value is -2.45. The van der Waals surface area contributed by atoms with Crippen molar-refractivity contribution in [3.8, 4) is 11.8 Å². The molecule has 2 aromatic rings. The molecule has 2 rings (SSSR count). The Morgan fingerprint density at radius 2 is 1.96 bits per heavy atom. The summed E-state index contributed by atoms with van der Waals surface area (Å²) in [6.07, 6.45) is 0. The molecule has 0 unspecified atom stereocenters. The highest BCUT2D eigenvalue weighted by Crippen LogP contribution is 2.16. The molecule has 24 heavy (non-hydrogen) atoms. The van der Waals surface area contributed by atoms with Gasteiger partial charge in [-0.3, -0.25) is 4.79 Å². The third kappa shape index (κ3) is 5.64. The number of amides is 1.